The van der Waals surface area contributed by atoms with E-state index in [-0.39, 0.29) is 38.4 Å². The van der Waals surface area contributed by atoms with Crippen LogP contribution in [0.4, 0.5) is 0 Å². The van der Waals surface area contributed by atoms with Gasteiger partial charge >= 0.3 is 0 Å². The van der Waals surface area contributed by atoms with Crippen molar-refractivity contribution in [2.45, 2.75) is 39.0 Å². The summed E-state index contributed by atoms with van der Waals surface area (Å²) in [5.74, 6) is 1.42. The molecule has 0 N–H and O–H groups in total. The van der Waals surface area contributed by atoms with Gasteiger partial charge in [-0.15, -0.1) is 0 Å². The van der Waals surface area contributed by atoms with Gasteiger partial charge in [0.05, 0.1) is 25.0 Å². The second kappa shape index (κ2) is 11.3. The molecule has 0 aliphatic heterocycles. The molecule has 2 rings (SSSR count). The maximum atomic E-state index is 12.3. The average Bonchev–Trinajstić information content (AvgIpc) is 3.20. The fraction of sp³-hybridized carbons (Fsp3) is 0.450. The number of unbranched alkanes of at least 4 members (excludes halogenated alkanes) is 1. The van der Waals surface area contributed by atoms with Gasteiger partial charge in [-0.25, -0.2) is 0 Å². The molecule has 0 unspecified atom stereocenters. The predicted octanol–water partition coefficient (Wildman–Crippen LogP) is 3.11. The fourth-order valence-corrected chi connectivity index (χ4v) is 2.47. The van der Waals surface area contributed by atoms with Crippen LogP contribution >= 0.6 is 0 Å². The normalized spacial score (nSPS) is 10.1. The Morgan fingerprint density at radius 1 is 1.18 bits per heavy atom. The molecule has 0 atom stereocenters. The van der Waals surface area contributed by atoms with Crippen LogP contribution in [0.5, 0.6) is 5.75 Å². The quantitative estimate of drug-likeness (QED) is 0.587. The SMILES string of the molecule is CCCCc1nc(-c2ccc(OCC(=O)N(CCC#N)CCC#N)cc2)no1. The van der Waals surface area contributed by atoms with Crippen molar-refractivity contribution < 1.29 is 14.1 Å². The van der Waals surface area contributed by atoms with Gasteiger partial charge in [-0.3, -0.25) is 4.79 Å². The number of carbonyl (C=O) groups excluding carboxylic acids is 1. The topological polar surface area (TPSA) is 116 Å². The summed E-state index contributed by atoms with van der Waals surface area (Å²) in [5.41, 5.74) is 0.801. The minimum Gasteiger partial charge on any atom is -0.484 e. The van der Waals surface area contributed by atoms with Crippen molar-refractivity contribution in [1.82, 2.24) is 15.0 Å². The number of hydrogen-bond acceptors (Lipinski definition) is 7. The Labute approximate surface area is 164 Å². The van der Waals surface area contributed by atoms with E-state index in [0.717, 1.165) is 24.8 Å². The van der Waals surface area contributed by atoms with Gasteiger partial charge in [-0.05, 0) is 30.7 Å². The number of benzene rings is 1. The second-order valence-corrected chi connectivity index (χ2v) is 6.13. The zero-order chi connectivity index (χ0) is 20.2. The Balaban J connectivity index is 1.91. The standard InChI is InChI=1S/C20H23N5O3/c1-2-3-6-18-23-20(24-28-18)16-7-9-17(10-8-16)27-15-19(26)25(13-4-11-21)14-5-12-22/h7-10H,2-6,13-15H2,1H3. The number of hydrogen-bond donors (Lipinski definition) is 0. The van der Waals surface area contributed by atoms with Gasteiger partial charge in [0.15, 0.2) is 6.61 Å². The van der Waals surface area contributed by atoms with Crippen molar-refractivity contribution in [2.24, 2.45) is 0 Å². The van der Waals surface area contributed by atoms with E-state index in [4.69, 9.17) is 19.8 Å². The molecule has 0 spiro atoms. The first-order chi connectivity index (χ1) is 13.7. The maximum Gasteiger partial charge on any atom is 0.260 e. The van der Waals surface area contributed by atoms with Gasteiger partial charge in [-0.2, -0.15) is 15.5 Å². The minimum atomic E-state index is -0.256. The van der Waals surface area contributed by atoms with Crippen LogP contribution in [-0.4, -0.2) is 40.6 Å². The Morgan fingerprint density at radius 2 is 1.86 bits per heavy atom. The van der Waals surface area contributed by atoms with E-state index < -0.39 is 0 Å². The Morgan fingerprint density at radius 3 is 2.46 bits per heavy atom. The molecule has 0 aliphatic carbocycles. The molecule has 28 heavy (non-hydrogen) atoms. The Hall–Kier alpha value is -3.39. The van der Waals surface area contributed by atoms with Crippen LogP contribution in [0.2, 0.25) is 0 Å². The summed E-state index contributed by atoms with van der Waals surface area (Å²) in [6.45, 7) is 2.53. The summed E-state index contributed by atoms with van der Waals surface area (Å²) in [5, 5.41) is 21.4. The third kappa shape index (κ3) is 6.40. The number of rotatable bonds is 11. The van der Waals surface area contributed by atoms with Gasteiger partial charge < -0.3 is 14.2 Å². The zero-order valence-electron chi connectivity index (χ0n) is 15.9. The molecule has 0 fully saturated rings. The Kier molecular flexibility index (Phi) is 8.48. The highest BCUT2D eigenvalue weighted by Crippen LogP contribution is 2.20. The number of nitrogens with zero attached hydrogens (tertiary/aromatic N) is 5. The molecule has 1 aromatic heterocycles. The van der Waals surface area contributed by atoms with Crippen molar-refractivity contribution in [2.75, 3.05) is 19.7 Å². The van der Waals surface area contributed by atoms with E-state index in [1.807, 2.05) is 12.1 Å². The van der Waals surface area contributed by atoms with E-state index >= 15 is 0 Å². The predicted molar refractivity (Wildman–Crippen MR) is 101 cm³/mol. The second-order valence-electron chi connectivity index (χ2n) is 6.13. The molecule has 0 saturated carbocycles. The van der Waals surface area contributed by atoms with E-state index in [0.29, 0.717) is 17.5 Å². The average molecular weight is 381 g/mol. The highest BCUT2D eigenvalue weighted by atomic mass is 16.5. The van der Waals surface area contributed by atoms with Gasteiger partial charge in [0.2, 0.25) is 11.7 Å². The summed E-state index contributed by atoms with van der Waals surface area (Å²) in [4.78, 5) is 18.1. The molecule has 1 amide bonds. The molecule has 2 aromatic rings. The van der Waals surface area contributed by atoms with E-state index in [9.17, 15) is 4.79 Å². The lowest BCUT2D eigenvalue weighted by Gasteiger charge is -2.20. The molecule has 0 bridgehead atoms. The number of amides is 1. The summed E-state index contributed by atoms with van der Waals surface area (Å²) in [7, 11) is 0. The van der Waals surface area contributed by atoms with Crippen LogP contribution in [0.1, 0.15) is 38.5 Å². The molecule has 0 aliphatic rings. The molecule has 0 radical (unpaired) electrons. The third-order valence-electron chi connectivity index (χ3n) is 4.03. The molecular formula is C20H23N5O3. The fourth-order valence-electron chi connectivity index (χ4n) is 2.47. The highest BCUT2D eigenvalue weighted by molar-refractivity contribution is 5.77. The van der Waals surface area contributed by atoms with Crippen LogP contribution in [0, 0.1) is 22.7 Å². The summed E-state index contributed by atoms with van der Waals surface area (Å²) < 4.78 is 10.8. The molecule has 0 saturated heterocycles. The Bertz CT molecular complexity index is 815. The van der Waals surface area contributed by atoms with E-state index in [2.05, 4.69) is 17.1 Å². The minimum absolute atomic E-state index is 0.153. The number of aryl methyl sites for hydroxylation is 1. The first-order valence-corrected chi connectivity index (χ1v) is 9.25. The molecule has 1 heterocycles. The number of aromatic nitrogens is 2. The summed E-state index contributed by atoms with van der Waals surface area (Å²) >= 11 is 0. The van der Waals surface area contributed by atoms with Crippen molar-refractivity contribution in [3.8, 4) is 29.3 Å². The number of nitriles is 2. The van der Waals surface area contributed by atoms with Crippen molar-refractivity contribution in [3.05, 3.63) is 30.2 Å². The van der Waals surface area contributed by atoms with Crippen molar-refractivity contribution in [3.63, 3.8) is 0 Å². The smallest absolute Gasteiger partial charge is 0.260 e. The van der Waals surface area contributed by atoms with Crippen LogP contribution in [0.3, 0.4) is 0 Å². The van der Waals surface area contributed by atoms with Gasteiger partial charge in [0.1, 0.15) is 5.75 Å². The lowest BCUT2D eigenvalue weighted by atomic mass is 10.2. The van der Waals surface area contributed by atoms with Crippen LogP contribution < -0.4 is 4.74 Å². The zero-order valence-corrected chi connectivity index (χ0v) is 15.9. The summed E-state index contributed by atoms with van der Waals surface area (Å²) in [6.07, 6.45) is 3.27. The highest BCUT2D eigenvalue weighted by Gasteiger charge is 2.14. The first-order valence-electron chi connectivity index (χ1n) is 9.25. The van der Waals surface area contributed by atoms with Crippen LogP contribution in [0.25, 0.3) is 11.4 Å². The van der Waals surface area contributed by atoms with E-state index in [1.165, 1.54) is 4.90 Å². The number of carbonyl (C=O) groups is 1. The first kappa shape index (κ1) is 20.9. The van der Waals surface area contributed by atoms with Crippen molar-refractivity contribution >= 4 is 5.91 Å². The molecule has 146 valence electrons. The molecule has 8 nitrogen and oxygen atoms in total. The lowest BCUT2D eigenvalue weighted by molar-refractivity contribution is -0.133. The van der Waals surface area contributed by atoms with E-state index in [1.54, 1.807) is 24.3 Å². The molecule has 8 heteroatoms. The van der Waals surface area contributed by atoms with Crippen molar-refractivity contribution in [1.29, 1.82) is 10.5 Å². The van der Waals surface area contributed by atoms with Crippen LogP contribution in [-0.2, 0) is 11.2 Å². The third-order valence-corrected chi connectivity index (χ3v) is 4.03. The van der Waals surface area contributed by atoms with Crippen LogP contribution in [0.15, 0.2) is 28.8 Å². The van der Waals surface area contributed by atoms with Gasteiger partial charge in [0.25, 0.3) is 5.91 Å². The van der Waals surface area contributed by atoms with Gasteiger partial charge in [0, 0.05) is 25.1 Å². The van der Waals surface area contributed by atoms with Gasteiger partial charge in [-0.1, -0.05) is 18.5 Å². The molecule has 1 aromatic carbocycles. The summed E-state index contributed by atoms with van der Waals surface area (Å²) in [6, 6.07) is 11.1. The monoisotopic (exact) mass is 381 g/mol. The largest absolute Gasteiger partial charge is 0.484 e. The maximum absolute atomic E-state index is 12.3. The lowest BCUT2D eigenvalue weighted by Crippen LogP contribution is -2.36. The molecular weight excluding hydrogens is 358 g/mol. The number of ether oxygens (including phenoxy) is 1.